The molecule has 1 aliphatic heterocycles. The molecule has 0 radical (unpaired) electrons. The minimum absolute atomic E-state index is 0.0982. The van der Waals surface area contributed by atoms with E-state index in [0.29, 0.717) is 5.56 Å². The van der Waals surface area contributed by atoms with E-state index < -0.39 is 0 Å². The van der Waals surface area contributed by atoms with E-state index in [1.807, 2.05) is 41.4 Å². The van der Waals surface area contributed by atoms with Crippen LogP contribution in [0, 0.1) is 0 Å². The van der Waals surface area contributed by atoms with Gasteiger partial charge in [-0.05, 0) is 68.8 Å². The molecule has 0 bridgehead atoms. The lowest BCUT2D eigenvalue weighted by atomic mass is 9.93. The Morgan fingerprint density at radius 2 is 1.93 bits per heavy atom. The van der Waals surface area contributed by atoms with Crippen molar-refractivity contribution in [1.29, 1.82) is 0 Å². The second-order valence-electron chi connectivity index (χ2n) is 7.99. The van der Waals surface area contributed by atoms with Crippen LogP contribution in [0.15, 0.2) is 67.0 Å². The highest BCUT2D eigenvalue weighted by Gasteiger charge is 2.28. The van der Waals surface area contributed by atoms with Crippen molar-refractivity contribution in [2.24, 2.45) is 0 Å². The molecule has 1 saturated heterocycles. The summed E-state index contributed by atoms with van der Waals surface area (Å²) in [6.45, 7) is 1.72. The summed E-state index contributed by atoms with van der Waals surface area (Å²) in [5, 5.41) is 4.28. The van der Waals surface area contributed by atoms with Gasteiger partial charge in [0, 0.05) is 31.0 Å². The maximum absolute atomic E-state index is 13.4. The summed E-state index contributed by atoms with van der Waals surface area (Å²) >= 11 is 0. The Balaban J connectivity index is 1.57. The van der Waals surface area contributed by atoms with Crippen molar-refractivity contribution >= 4 is 5.91 Å². The van der Waals surface area contributed by atoms with Crippen molar-refractivity contribution in [3.8, 4) is 5.69 Å². The van der Waals surface area contributed by atoms with E-state index in [1.54, 1.807) is 10.9 Å². The SMILES string of the molecule is CN(C)Cc1ccc([C@@H]2CCCCN2C(=O)c2cccc(-n3cccn3)c2)cc1. The van der Waals surface area contributed by atoms with Gasteiger partial charge in [-0.3, -0.25) is 4.79 Å². The van der Waals surface area contributed by atoms with Gasteiger partial charge in [-0.1, -0.05) is 30.3 Å². The average Bonchev–Trinajstić information content (AvgIpc) is 3.29. The number of piperidine rings is 1. The third kappa shape index (κ3) is 4.40. The Hall–Kier alpha value is -2.92. The van der Waals surface area contributed by atoms with Gasteiger partial charge < -0.3 is 9.80 Å². The Morgan fingerprint density at radius 1 is 1.10 bits per heavy atom. The first-order chi connectivity index (χ1) is 14.1. The second kappa shape index (κ2) is 8.62. The molecule has 0 unspecified atom stereocenters. The van der Waals surface area contributed by atoms with Crippen LogP contribution in [0.1, 0.15) is 46.8 Å². The quantitative estimate of drug-likeness (QED) is 0.654. The van der Waals surface area contributed by atoms with Crippen molar-refractivity contribution in [2.75, 3.05) is 20.6 Å². The summed E-state index contributed by atoms with van der Waals surface area (Å²) in [7, 11) is 4.15. The van der Waals surface area contributed by atoms with Gasteiger partial charge in [-0.15, -0.1) is 0 Å². The molecule has 1 aromatic heterocycles. The van der Waals surface area contributed by atoms with E-state index >= 15 is 0 Å². The summed E-state index contributed by atoms with van der Waals surface area (Å²) in [4.78, 5) is 17.6. The van der Waals surface area contributed by atoms with Crippen LogP contribution >= 0.6 is 0 Å². The lowest BCUT2D eigenvalue weighted by Gasteiger charge is -2.36. The fourth-order valence-corrected chi connectivity index (χ4v) is 4.10. The van der Waals surface area contributed by atoms with Crippen LogP contribution in [-0.4, -0.2) is 46.1 Å². The Morgan fingerprint density at radius 3 is 2.66 bits per heavy atom. The van der Waals surface area contributed by atoms with E-state index in [1.165, 1.54) is 11.1 Å². The monoisotopic (exact) mass is 388 g/mol. The number of hydrogen-bond acceptors (Lipinski definition) is 3. The smallest absolute Gasteiger partial charge is 0.254 e. The highest BCUT2D eigenvalue weighted by Crippen LogP contribution is 2.32. The van der Waals surface area contributed by atoms with Gasteiger partial charge in [-0.25, -0.2) is 4.68 Å². The molecule has 29 heavy (non-hydrogen) atoms. The van der Waals surface area contributed by atoms with Gasteiger partial charge >= 0.3 is 0 Å². The fraction of sp³-hybridized carbons (Fsp3) is 0.333. The van der Waals surface area contributed by atoms with Crippen molar-refractivity contribution in [1.82, 2.24) is 19.6 Å². The minimum Gasteiger partial charge on any atom is -0.332 e. The highest BCUT2D eigenvalue weighted by atomic mass is 16.2. The topological polar surface area (TPSA) is 41.4 Å². The maximum Gasteiger partial charge on any atom is 0.254 e. The van der Waals surface area contributed by atoms with Gasteiger partial charge in [-0.2, -0.15) is 5.10 Å². The molecule has 1 atom stereocenters. The summed E-state index contributed by atoms with van der Waals surface area (Å²) in [5.74, 6) is 0.0982. The molecule has 0 N–H and O–H groups in total. The van der Waals surface area contributed by atoms with Crippen molar-refractivity contribution < 1.29 is 4.79 Å². The predicted octanol–water partition coefficient (Wildman–Crippen LogP) is 4.30. The zero-order valence-electron chi connectivity index (χ0n) is 17.2. The molecular formula is C24H28N4O. The standard InChI is InChI=1S/C24H28N4O/c1-26(2)18-19-10-12-20(13-11-19)23-9-3-4-15-27(23)24(29)21-7-5-8-22(17-21)28-16-6-14-25-28/h5-8,10-14,16-17,23H,3-4,9,15,18H2,1-2H3/t23-/m0/s1. The zero-order chi connectivity index (χ0) is 20.2. The first-order valence-electron chi connectivity index (χ1n) is 10.3. The second-order valence-corrected chi connectivity index (χ2v) is 7.99. The van der Waals surface area contributed by atoms with Gasteiger partial charge in [0.05, 0.1) is 11.7 Å². The van der Waals surface area contributed by atoms with Crippen molar-refractivity contribution in [3.05, 3.63) is 83.7 Å². The average molecular weight is 389 g/mol. The van der Waals surface area contributed by atoms with E-state index in [2.05, 4.69) is 48.4 Å². The number of amides is 1. The van der Waals surface area contributed by atoms with E-state index in [9.17, 15) is 4.79 Å². The number of aromatic nitrogens is 2. The summed E-state index contributed by atoms with van der Waals surface area (Å²) in [5.41, 5.74) is 4.14. The molecule has 1 aliphatic rings. The van der Waals surface area contributed by atoms with Gasteiger partial charge in [0.15, 0.2) is 0 Å². The number of carbonyl (C=O) groups is 1. The van der Waals surface area contributed by atoms with Crippen LogP contribution < -0.4 is 0 Å². The number of carbonyl (C=O) groups excluding carboxylic acids is 1. The van der Waals surface area contributed by atoms with Gasteiger partial charge in [0.2, 0.25) is 0 Å². The molecule has 1 amide bonds. The van der Waals surface area contributed by atoms with Crippen LogP contribution in [0.2, 0.25) is 0 Å². The molecule has 5 nitrogen and oxygen atoms in total. The summed E-state index contributed by atoms with van der Waals surface area (Å²) in [6.07, 6.45) is 6.86. The molecule has 0 aliphatic carbocycles. The number of likely N-dealkylation sites (tertiary alicyclic amines) is 1. The van der Waals surface area contributed by atoms with E-state index in [-0.39, 0.29) is 11.9 Å². The van der Waals surface area contributed by atoms with Crippen LogP contribution in [0.5, 0.6) is 0 Å². The Kier molecular flexibility index (Phi) is 5.76. The lowest BCUT2D eigenvalue weighted by molar-refractivity contribution is 0.0611. The van der Waals surface area contributed by atoms with E-state index in [4.69, 9.17) is 0 Å². The molecule has 3 aromatic rings. The molecule has 0 saturated carbocycles. The summed E-state index contributed by atoms with van der Waals surface area (Å²) < 4.78 is 1.79. The molecule has 2 aromatic carbocycles. The highest BCUT2D eigenvalue weighted by molar-refractivity contribution is 5.95. The third-order valence-electron chi connectivity index (χ3n) is 5.49. The molecule has 5 heteroatoms. The lowest BCUT2D eigenvalue weighted by Crippen LogP contribution is -2.38. The van der Waals surface area contributed by atoms with Crippen molar-refractivity contribution in [3.63, 3.8) is 0 Å². The van der Waals surface area contributed by atoms with Gasteiger partial charge in [0.1, 0.15) is 0 Å². The van der Waals surface area contributed by atoms with Crippen LogP contribution in [0.3, 0.4) is 0 Å². The van der Waals surface area contributed by atoms with Crippen molar-refractivity contribution in [2.45, 2.75) is 31.8 Å². The summed E-state index contributed by atoms with van der Waals surface area (Å²) in [6, 6.07) is 18.5. The largest absolute Gasteiger partial charge is 0.332 e. The minimum atomic E-state index is 0.0982. The number of nitrogens with zero attached hydrogens (tertiary/aromatic N) is 4. The van der Waals surface area contributed by atoms with Crippen LogP contribution in [-0.2, 0) is 6.54 Å². The Bertz CT molecular complexity index is 947. The molecule has 2 heterocycles. The Labute approximate surface area is 172 Å². The first-order valence-corrected chi connectivity index (χ1v) is 10.3. The molecule has 4 rings (SSSR count). The zero-order valence-corrected chi connectivity index (χ0v) is 17.2. The molecule has 1 fully saturated rings. The molecule has 150 valence electrons. The third-order valence-corrected chi connectivity index (χ3v) is 5.49. The number of benzene rings is 2. The van der Waals surface area contributed by atoms with Gasteiger partial charge in [0.25, 0.3) is 5.91 Å². The van der Waals surface area contributed by atoms with E-state index in [0.717, 1.165) is 38.0 Å². The molecular weight excluding hydrogens is 360 g/mol. The number of rotatable bonds is 5. The normalized spacial score (nSPS) is 16.9. The first kappa shape index (κ1) is 19.4. The maximum atomic E-state index is 13.4. The van der Waals surface area contributed by atoms with Crippen LogP contribution in [0.4, 0.5) is 0 Å². The fourth-order valence-electron chi connectivity index (χ4n) is 4.10. The predicted molar refractivity (Wildman–Crippen MR) is 115 cm³/mol. The number of hydrogen-bond donors (Lipinski definition) is 0. The molecule has 0 spiro atoms. The van der Waals surface area contributed by atoms with Crippen LogP contribution in [0.25, 0.3) is 5.69 Å².